The highest BCUT2D eigenvalue weighted by Gasteiger charge is 2.20. The summed E-state index contributed by atoms with van der Waals surface area (Å²) in [7, 11) is 0. The molecule has 0 spiro atoms. The molecule has 4 aromatic rings. The third-order valence-corrected chi connectivity index (χ3v) is 13.0. The first-order chi connectivity index (χ1) is 36.6. The third-order valence-electron chi connectivity index (χ3n) is 13.0. The third kappa shape index (κ3) is 22.7. The Kier molecular flexibility index (Phi) is 25.4. The van der Waals surface area contributed by atoms with E-state index in [1.807, 2.05) is 72.8 Å². The van der Waals surface area contributed by atoms with Gasteiger partial charge < -0.3 is 49.7 Å². The summed E-state index contributed by atoms with van der Waals surface area (Å²) in [6.45, 7) is 16.3. The summed E-state index contributed by atoms with van der Waals surface area (Å²) in [5, 5.41) is 35.7. The van der Waals surface area contributed by atoms with E-state index in [0.29, 0.717) is 36.9 Å². The van der Waals surface area contributed by atoms with Crippen molar-refractivity contribution in [3.8, 4) is 23.0 Å². The minimum Gasteiger partial charge on any atom is -0.494 e. The number of carbonyl (C=O) groups is 2. The number of nitrogen functional groups attached to an aromatic ring is 2. The van der Waals surface area contributed by atoms with Crippen LogP contribution in [0.2, 0.25) is 0 Å². The Morgan fingerprint density at radius 1 is 0.474 bits per heavy atom. The number of benzene rings is 4. The van der Waals surface area contributed by atoms with Gasteiger partial charge in [-0.05, 0) is 227 Å². The number of nitrogens with zero attached hydrogens (tertiary/aromatic N) is 2. The number of carbonyl (C=O) groups excluding carboxylic acids is 2. The molecule has 76 heavy (non-hydrogen) atoms. The van der Waals surface area contributed by atoms with E-state index in [0.717, 1.165) is 118 Å². The Labute approximate surface area is 449 Å². The van der Waals surface area contributed by atoms with Crippen LogP contribution in [0.25, 0.3) is 0 Å². The highest BCUT2D eigenvalue weighted by Crippen LogP contribution is 2.25. The van der Waals surface area contributed by atoms with Gasteiger partial charge in [0.2, 0.25) is 0 Å². The lowest BCUT2D eigenvalue weighted by molar-refractivity contribution is 0.119. The number of alkyl carbamates (subject to hydrolysis) is 2. The molecular formula is C58H82N10O8. The number of nitrogens with two attached hydrogens (primary N) is 2. The van der Waals surface area contributed by atoms with Crippen LogP contribution in [-0.4, -0.2) is 123 Å². The van der Waals surface area contributed by atoms with Crippen LogP contribution in [0.15, 0.2) is 97.1 Å². The van der Waals surface area contributed by atoms with E-state index in [4.69, 9.17) is 61.5 Å². The van der Waals surface area contributed by atoms with Crippen molar-refractivity contribution in [2.75, 3.05) is 65.7 Å². The average Bonchev–Trinajstić information content (AvgIpc) is 3.40. The Bertz CT molecular complexity index is 2230. The summed E-state index contributed by atoms with van der Waals surface area (Å²) in [6, 6.07) is 29.0. The van der Waals surface area contributed by atoms with E-state index >= 15 is 0 Å². The zero-order chi connectivity index (χ0) is 54.7. The molecular weight excluding hydrogens is 965 g/mol. The topological polar surface area (TPSA) is 267 Å². The van der Waals surface area contributed by atoms with Gasteiger partial charge in [-0.25, -0.2) is 9.59 Å². The highest BCUT2D eigenvalue weighted by atomic mass is 16.6. The van der Waals surface area contributed by atoms with Crippen molar-refractivity contribution in [2.45, 2.75) is 104 Å². The molecule has 2 fully saturated rings. The van der Waals surface area contributed by atoms with Crippen molar-refractivity contribution < 1.29 is 38.0 Å². The summed E-state index contributed by atoms with van der Waals surface area (Å²) in [4.78, 5) is 28.4. The van der Waals surface area contributed by atoms with Crippen LogP contribution in [0.1, 0.15) is 114 Å². The molecule has 18 heteroatoms. The fourth-order valence-electron chi connectivity index (χ4n) is 8.81. The van der Waals surface area contributed by atoms with Crippen LogP contribution < -0.4 is 41.0 Å². The summed E-state index contributed by atoms with van der Waals surface area (Å²) in [5.41, 5.74) is 13.6. The quantitative estimate of drug-likeness (QED) is 0.0166. The highest BCUT2D eigenvalue weighted by molar-refractivity contribution is 6.05. The molecule has 6 rings (SSSR count). The molecule has 412 valence electrons. The van der Waals surface area contributed by atoms with Gasteiger partial charge in [0.05, 0.1) is 38.6 Å². The van der Waals surface area contributed by atoms with Gasteiger partial charge in [-0.3, -0.25) is 32.3 Å². The van der Waals surface area contributed by atoms with Gasteiger partial charge >= 0.3 is 12.2 Å². The summed E-state index contributed by atoms with van der Waals surface area (Å²) in [6.07, 6.45) is 9.48. The number of nitrogens with one attached hydrogen (secondary N) is 6. The molecule has 0 saturated carbocycles. The van der Waals surface area contributed by atoms with Crippen LogP contribution in [0.5, 0.6) is 23.0 Å². The average molecular weight is 1050 g/mol. The zero-order valence-electron chi connectivity index (χ0n) is 45.0. The molecule has 2 aliphatic rings. The minimum atomic E-state index is -0.635. The van der Waals surface area contributed by atoms with Crippen LogP contribution in [0.4, 0.5) is 9.59 Å². The number of ether oxygens (including phenoxy) is 6. The number of piperidine rings is 2. The maximum atomic E-state index is 11.7. The first-order valence-electron chi connectivity index (χ1n) is 26.8. The number of hydrogen-bond donors (Lipinski definition) is 8. The maximum absolute atomic E-state index is 11.7. The lowest BCUT2D eigenvalue weighted by Gasteiger charge is -2.32. The van der Waals surface area contributed by atoms with Crippen LogP contribution in [0.3, 0.4) is 0 Å². The number of amides is 2. The second kappa shape index (κ2) is 32.3. The van der Waals surface area contributed by atoms with Crippen molar-refractivity contribution in [3.63, 3.8) is 0 Å². The van der Waals surface area contributed by atoms with E-state index in [1.54, 1.807) is 52.0 Å². The van der Waals surface area contributed by atoms with Crippen LogP contribution in [0, 0.1) is 33.5 Å². The molecule has 18 nitrogen and oxygen atoms in total. The molecule has 2 aliphatic heterocycles. The van der Waals surface area contributed by atoms with Gasteiger partial charge in [0.1, 0.15) is 46.3 Å². The summed E-state index contributed by atoms with van der Waals surface area (Å²) < 4.78 is 33.4. The normalized spacial score (nSPS) is 14.2. The fourth-order valence-corrected chi connectivity index (χ4v) is 8.81. The molecule has 0 aliphatic carbocycles. The van der Waals surface area contributed by atoms with Gasteiger partial charge in [-0.15, -0.1) is 0 Å². The predicted molar refractivity (Wildman–Crippen MR) is 299 cm³/mol. The van der Waals surface area contributed by atoms with Crippen molar-refractivity contribution in [1.82, 2.24) is 20.4 Å². The van der Waals surface area contributed by atoms with Gasteiger partial charge in [0.25, 0.3) is 0 Å². The van der Waals surface area contributed by atoms with E-state index in [-0.39, 0.29) is 35.6 Å². The molecule has 2 amide bonds. The molecule has 0 radical (unpaired) electrons. The van der Waals surface area contributed by atoms with Crippen molar-refractivity contribution in [1.29, 1.82) is 21.6 Å². The lowest BCUT2D eigenvalue weighted by Crippen LogP contribution is -2.35. The molecule has 2 heterocycles. The van der Waals surface area contributed by atoms with Crippen LogP contribution >= 0.6 is 0 Å². The largest absolute Gasteiger partial charge is 0.494 e. The van der Waals surface area contributed by atoms with E-state index in [1.165, 1.54) is 32.1 Å². The van der Waals surface area contributed by atoms with E-state index < -0.39 is 12.2 Å². The lowest BCUT2D eigenvalue weighted by atomic mass is 9.92. The van der Waals surface area contributed by atoms with Gasteiger partial charge in [-0.1, -0.05) is 0 Å². The Morgan fingerprint density at radius 3 is 1.03 bits per heavy atom. The first-order valence-corrected chi connectivity index (χ1v) is 26.8. The number of amidine groups is 4. The van der Waals surface area contributed by atoms with Crippen molar-refractivity contribution in [2.24, 2.45) is 23.3 Å². The number of rotatable bonds is 26. The van der Waals surface area contributed by atoms with Gasteiger partial charge in [-0.2, -0.15) is 0 Å². The number of likely N-dealkylation sites (tertiary alicyclic amines) is 2. The van der Waals surface area contributed by atoms with Crippen molar-refractivity contribution >= 4 is 35.5 Å². The molecule has 0 unspecified atom stereocenters. The van der Waals surface area contributed by atoms with Crippen molar-refractivity contribution in [3.05, 3.63) is 119 Å². The summed E-state index contributed by atoms with van der Waals surface area (Å²) in [5.74, 6) is 4.78. The maximum Gasteiger partial charge on any atom is 0.413 e. The second-order valence-corrected chi connectivity index (χ2v) is 19.8. The Balaban J connectivity index is 0.000000295. The first kappa shape index (κ1) is 59.7. The fraction of sp³-hybridized carbons (Fsp3) is 0.483. The second-order valence-electron chi connectivity index (χ2n) is 19.8. The van der Waals surface area contributed by atoms with E-state index in [9.17, 15) is 9.59 Å². The smallest absolute Gasteiger partial charge is 0.413 e. The molecule has 4 aromatic carbocycles. The molecule has 2 saturated heterocycles. The molecule has 0 bridgehead atoms. The number of hydrogen-bond acceptors (Lipinski definition) is 14. The zero-order valence-corrected chi connectivity index (χ0v) is 45.0. The van der Waals surface area contributed by atoms with E-state index in [2.05, 4.69) is 20.4 Å². The SMILES string of the molecule is CC(C)OC(=O)NC(=N)c1ccc(OCCCC2CCN(CCCOc3ccc(C(=N)NC(=O)OC(C)C)cc3)CC2)cc1.N=C(N)c1ccc(OCCCC2CCN(CCCOc3ccc(C(=N)N)cc3)CC2)cc1. The van der Waals surface area contributed by atoms with Crippen LogP contribution in [-0.2, 0) is 9.47 Å². The predicted octanol–water partition coefficient (Wildman–Crippen LogP) is 9.54. The Hall–Kier alpha value is -7.18. The Morgan fingerprint density at radius 2 is 0.750 bits per heavy atom. The minimum absolute atomic E-state index is 0.00765. The molecule has 10 N–H and O–H groups in total. The van der Waals surface area contributed by atoms with Gasteiger partial charge in [0.15, 0.2) is 0 Å². The summed E-state index contributed by atoms with van der Waals surface area (Å²) >= 11 is 0. The van der Waals surface area contributed by atoms with Gasteiger partial charge in [0, 0.05) is 35.3 Å². The molecule has 0 aromatic heterocycles. The molecule has 0 atom stereocenters. The standard InChI is InChI=1S/C33H47N5O6.C25H35N5O2/c1-23(2)43-32(39)36-30(34)26-8-12-28(13-9-26)41-21-5-7-25-16-19-38(20-17-25)18-6-22-42-29-14-10-27(11-15-29)31(35)37-33(40)44-24(3)4;26-24(27)20-4-8-22(9-5-20)31-17-1-3-19-12-15-30(16-13-19)14-2-18-32-23-10-6-21(7-11-23)25(28)29/h8-15,23-25H,5-7,16-22H2,1-4H3,(H2,34,36,39)(H2,35,37,40);4-11,19H,1-3,12-18H2,(H3,26,27)(H3,28,29). The monoisotopic (exact) mass is 1050 g/mol.